The van der Waals surface area contributed by atoms with Gasteiger partial charge in [0.2, 0.25) is 0 Å². The second-order valence-electron chi connectivity index (χ2n) is 3.04. The van der Waals surface area contributed by atoms with Crippen molar-refractivity contribution in [2.24, 2.45) is 10.7 Å². The molecule has 3 N–H and O–H groups in total. The van der Waals surface area contributed by atoms with E-state index in [4.69, 9.17) is 5.73 Å². The van der Waals surface area contributed by atoms with E-state index in [1.165, 1.54) is 19.3 Å². The lowest BCUT2D eigenvalue weighted by Crippen LogP contribution is -2.33. The minimum absolute atomic E-state index is 0.625. The van der Waals surface area contributed by atoms with Gasteiger partial charge in [0.05, 0.1) is 0 Å². The Bertz CT molecular complexity index is 138. The number of aliphatic imine (C=N–C) groups is 1. The summed E-state index contributed by atoms with van der Waals surface area (Å²) in [7, 11) is 0. The van der Waals surface area contributed by atoms with Crippen molar-refractivity contribution in [3.63, 3.8) is 0 Å². The molecule has 0 aromatic rings. The minimum Gasteiger partial charge on any atom is -0.370 e. The van der Waals surface area contributed by atoms with E-state index < -0.39 is 0 Å². The molecule has 0 atom stereocenters. The summed E-state index contributed by atoms with van der Waals surface area (Å²) in [6.07, 6.45) is 4.82. The topological polar surface area (TPSA) is 50.4 Å². The second-order valence-corrected chi connectivity index (χ2v) is 3.04. The Balaban J connectivity index is 2.05. The Morgan fingerprint density at radius 3 is 2.91 bits per heavy atom. The Labute approximate surface area is 68.1 Å². The fraction of sp³-hybridized carbons (Fsp3) is 0.875. The van der Waals surface area contributed by atoms with Gasteiger partial charge in [0.25, 0.3) is 0 Å². The normalized spacial score (nSPS) is 18.5. The van der Waals surface area contributed by atoms with Crippen LogP contribution in [0.2, 0.25) is 0 Å². The smallest absolute Gasteiger partial charge is 0.188 e. The van der Waals surface area contributed by atoms with Gasteiger partial charge in [-0.15, -0.1) is 0 Å². The van der Waals surface area contributed by atoms with Gasteiger partial charge in [0.1, 0.15) is 0 Å². The van der Waals surface area contributed by atoms with Crippen LogP contribution in [-0.4, -0.2) is 18.5 Å². The number of rotatable bonds is 4. The number of nitrogens with two attached hydrogens (primary N) is 1. The van der Waals surface area contributed by atoms with Crippen molar-refractivity contribution >= 4 is 5.96 Å². The van der Waals surface area contributed by atoms with Crippen molar-refractivity contribution in [1.29, 1.82) is 0 Å². The summed E-state index contributed by atoms with van der Waals surface area (Å²) < 4.78 is 0. The first kappa shape index (κ1) is 8.37. The van der Waals surface area contributed by atoms with Crippen LogP contribution < -0.4 is 11.1 Å². The third-order valence-corrected chi connectivity index (χ3v) is 1.72. The molecule has 0 amide bonds. The molecule has 0 saturated heterocycles. The van der Waals surface area contributed by atoms with E-state index in [-0.39, 0.29) is 0 Å². The molecule has 0 heterocycles. The van der Waals surface area contributed by atoms with Gasteiger partial charge in [-0.3, -0.25) is 4.99 Å². The lowest BCUT2D eigenvalue weighted by molar-refractivity contribution is 0.793. The summed E-state index contributed by atoms with van der Waals surface area (Å²) in [6.45, 7) is 3.02. The van der Waals surface area contributed by atoms with Crippen LogP contribution >= 0.6 is 0 Å². The van der Waals surface area contributed by atoms with E-state index >= 15 is 0 Å². The van der Waals surface area contributed by atoms with Crippen LogP contribution in [0.25, 0.3) is 0 Å². The van der Waals surface area contributed by atoms with Crippen LogP contribution in [0.5, 0.6) is 0 Å². The number of nitrogens with one attached hydrogen (secondary N) is 1. The second kappa shape index (κ2) is 4.21. The first-order valence-corrected chi connectivity index (χ1v) is 4.39. The summed E-state index contributed by atoms with van der Waals surface area (Å²) in [4.78, 5) is 4.18. The summed E-state index contributed by atoms with van der Waals surface area (Å²) in [5, 5.41) is 3.14. The highest BCUT2D eigenvalue weighted by atomic mass is 15.1. The molecule has 1 aliphatic carbocycles. The summed E-state index contributed by atoms with van der Waals surface area (Å²) >= 11 is 0. The highest BCUT2D eigenvalue weighted by Gasteiger charge is 2.20. The third-order valence-electron chi connectivity index (χ3n) is 1.72. The van der Waals surface area contributed by atoms with Gasteiger partial charge in [0.15, 0.2) is 5.96 Å². The van der Waals surface area contributed by atoms with E-state index in [1.54, 1.807) is 0 Å². The molecule has 3 nitrogen and oxygen atoms in total. The molecule has 3 heteroatoms. The summed E-state index contributed by atoms with van der Waals surface area (Å²) in [5.74, 6) is 0.626. The molecule has 0 aliphatic heterocycles. The number of unbranched alkanes of at least 4 members (excludes halogenated alkanes) is 1. The lowest BCUT2D eigenvalue weighted by Gasteiger charge is -2.01. The zero-order valence-electron chi connectivity index (χ0n) is 7.14. The van der Waals surface area contributed by atoms with Gasteiger partial charge in [-0.2, -0.15) is 0 Å². The zero-order valence-corrected chi connectivity index (χ0v) is 7.14. The molecule has 0 aromatic heterocycles. The quantitative estimate of drug-likeness (QED) is 0.359. The molecule has 1 fully saturated rings. The largest absolute Gasteiger partial charge is 0.370 e. The van der Waals surface area contributed by atoms with E-state index in [2.05, 4.69) is 17.2 Å². The molecule has 0 radical (unpaired) electrons. The van der Waals surface area contributed by atoms with Crippen molar-refractivity contribution in [2.45, 2.75) is 38.6 Å². The van der Waals surface area contributed by atoms with Crippen molar-refractivity contribution < 1.29 is 0 Å². The molecular formula is C8H17N3. The number of hydrogen-bond acceptors (Lipinski definition) is 1. The maximum Gasteiger partial charge on any atom is 0.188 e. The number of hydrogen-bond donors (Lipinski definition) is 2. The number of nitrogens with zero attached hydrogens (tertiary/aromatic N) is 1. The van der Waals surface area contributed by atoms with Gasteiger partial charge in [0, 0.05) is 12.6 Å². The minimum atomic E-state index is 0.625. The third kappa shape index (κ3) is 3.86. The first-order chi connectivity index (χ1) is 5.33. The molecular weight excluding hydrogens is 138 g/mol. The predicted molar refractivity (Wildman–Crippen MR) is 47.6 cm³/mol. The Morgan fingerprint density at radius 1 is 1.64 bits per heavy atom. The van der Waals surface area contributed by atoms with Crippen LogP contribution in [-0.2, 0) is 0 Å². The van der Waals surface area contributed by atoms with Crippen LogP contribution in [0.15, 0.2) is 4.99 Å². The van der Waals surface area contributed by atoms with E-state index in [1.807, 2.05) is 0 Å². The van der Waals surface area contributed by atoms with Crippen molar-refractivity contribution in [1.82, 2.24) is 5.32 Å². The molecule has 64 valence electrons. The molecule has 0 spiro atoms. The van der Waals surface area contributed by atoms with Gasteiger partial charge < -0.3 is 11.1 Å². The molecule has 11 heavy (non-hydrogen) atoms. The first-order valence-electron chi connectivity index (χ1n) is 4.39. The average molecular weight is 155 g/mol. The average Bonchev–Trinajstić information content (AvgIpc) is 2.72. The Hall–Kier alpha value is -0.730. The molecule has 0 aromatic carbocycles. The van der Waals surface area contributed by atoms with Crippen LogP contribution in [0.1, 0.15) is 32.6 Å². The van der Waals surface area contributed by atoms with E-state index in [9.17, 15) is 0 Å². The van der Waals surface area contributed by atoms with Crippen molar-refractivity contribution in [2.75, 3.05) is 6.54 Å². The zero-order chi connectivity index (χ0) is 8.10. The molecule has 0 unspecified atom stereocenters. The SMILES string of the molecule is CCCCN=C(N)NC1CC1. The van der Waals surface area contributed by atoms with Crippen molar-refractivity contribution in [3.05, 3.63) is 0 Å². The van der Waals surface area contributed by atoms with Crippen LogP contribution in [0.3, 0.4) is 0 Å². The van der Waals surface area contributed by atoms with Gasteiger partial charge in [-0.25, -0.2) is 0 Å². The van der Waals surface area contributed by atoms with E-state index in [0.29, 0.717) is 12.0 Å². The molecule has 1 rings (SSSR count). The molecule has 1 aliphatic rings. The monoisotopic (exact) mass is 155 g/mol. The van der Waals surface area contributed by atoms with Crippen LogP contribution in [0, 0.1) is 0 Å². The highest BCUT2D eigenvalue weighted by Crippen LogP contribution is 2.17. The maximum atomic E-state index is 5.59. The van der Waals surface area contributed by atoms with Crippen LogP contribution in [0.4, 0.5) is 0 Å². The summed E-state index contributed by atoms with van der Waals surface area (Å²) in [6, 6.07) is 0.625. The lowest BCUT2D eigenvalue weighted by atomic mass is 10.3. The van der Waals surface area contributed by atoms with E-state index in [0.717, 1.165) is 13.0 Å². The highest BCUT2D eigenvalue weighted by molar-refractivity contribution is 5.78. The number of guanidine groups is 1. The van der Waals surface area contributed by atoms with Gasteiger partial charge >= 0.3 is 0 Å². The predicted octanol–water partition coefficient (Wildman–Crippen LogP) is 0.853. The standard InChI is InChI=1S/C8H17N3/c1-2-3-6-10-8(9)11-7-4-5-7/h7H,2-6H2,1H3,(H3,9,10,11). The molecule has 1 saturated carbocycles. The Morgan fingerprint density at radius 2 is 2.36 bits per heavy atom. The van der Waals surface area contributed by atoms with Crippen molar-refractivity contribution in [3.8, 4) is 0 Å². The van der Waals surface area contributed by atoms with Gasteiger partial charge in [-0.05, 0) is 19.3 Å². The molecule has 0 bridgehead atoms. The fourth-order valence-corrected chi connectivity index (χ4v) is 0.840. The maximum absolute atomic E-state index is 5.59. The Kier molecular flexibility index (Phi) is 3.20. The van der Waals surface area contributed by atoms with Gasteiger partial charge in [-0.1, -0.05) is 13.3 Å². The fourth-order valence-electron chi connectivity index (χ4n) is 0.840. The summed E-state index contributed by atoms with van der Waals surface area (Å²) in [5.41, 5.74) is 5.59.